The van der Waals surface area contributed by atoms with E-state index in [1.54, 1.807) is 18.2 Å². The standard InChI is InChI=1S/C20H26N2O3S/c1-14(2)17-10-12-18(13-11-17)15(3)21-20(23)16(4)22-26(24,25)19-8-6-5-7-9-19/h5-16,22H,1-4H3,(H,21,23)/t15-,16+/m0/s1. The van der Waals surface area contributed by atoms with Crippen LogP contribution in [0.4, 0.5) is 0 Å². The molecule has 5 nitrogen and oxygen atoms in total. The Morgan fingerprint density at radius 3 is 1.92 bits per heavy atom. The lowest BCUT2D eigenvalue weighted by Gasteiger charge is -2.19. The highest BCUT2D eigenvalue weighted by atomic mass is 32.2. The molecule has 0 saturated carbocycles. The van der Waals surface area contributed by atoms with E-state index in [0.29, 0.717) is 5.92 Å². The van der Waals surface area contributed by atoms with Crippen molar-refractivity contribution in [1.82, 2.24) is 10.0 Å². The van der Waals surface area contributed by atoms with Crippen LogP contribution < -0.4 is 10.0 Å². The maximum Gasteiger partial charge on any atom is 0.241 e. The van der Waals surface area contributed by atoms with Crippen molar-refractivity contribution >= 4 is 15.9 Å². The maximum absolute atomic E-state index is 12.4. The highest BCUT2D eigenvalue weighted by molar-refractivity contribution is 7.89. The van der Waals surface area contributed by atoms with Crippen molar-refractivity contribution in [3.8, 4) is 0 Å². The van der Waals surface area contributed by atoms with Crippen LogP contribution >= 0.6 is 0 Å². The Morgan fingerprint density at radius 1 is 0.846 bits per heavy atom. The highest BCUT2D eigenvalue weighted by Gasteiger charge is 2.23. The van der Waals surface area contributed by atoms with E-state index in [0.717, 1.165) is 5.56 Å². The van der Waals surface area contributed by atoms with Gasteiger partial charge >= 0.3 is 0 Å². The van der Waals surface area contributed by atoms with Gasteiger partial charge in [0.05, 0.1) is 17.0 Å². The van der Waals surface area contributed by atoms with Crippen LogP contribution in [-0.4, -0.2) is 20.4 Å². The van der Waals surface area contributed by atoms with Crippen molar-refractivity contribution in [1.29, 1.82) is 0 Å². The van der Waals surface area contributed by atoms with Crippen molar-refractivity contribution < 1.29 is 13.2 Å². The minimum absolute atomic E-state index is 0.136. The Bertz CT molecular complexity index is 831. The van der Waals surface area contributed by atoms with Crippen molar-refractivity contribution in [2.75, 3.05) is 0 Å². The first-order chi connectivity index (χ1) is 12.2. The summed E-state index contributed by atoms with van der Waals surface area (Å²) < 4.78 is 27.0. The molecule has 0 unspecified atom stereocenters. The maximum atomic E-state index is 12.4. The first-order valence-electron chi connectivity index (χ1n) is 8.68. The molecule has 2 N–H and O–H groups in total. The van der Waals surface area contributed by atoms with Crippen LogP contribution in [0.3, 0.4) is 0 Å². The summed E-state index contributed by atoms with van der Waals surface area (Å²) in [6, 6.07) is 15.0. The number of nitrogens with one attached hydrogen (secondary N) is 2. The molecule has 0 bridgehead atoms. The first kappa shape index (κ1) is 20.1. The van der Waals surface area contributed by atoms with Gasteiger partial charge in [-0.2, -0.15) is 4.72 Å². The molecule has 2 aromatic carbocycles. The molecule has 26 heavy (non-hydrogen) atoms. The molecule has 0 saturated heterocycles. The summed E-state index contributed by atoms with van der Waals surface area (Å²) in [6.45, 7) is 7.66. The van der Waals surface area contributed by atoms with Crippen LogP contribution in [-0.2, 0) is 14.8 Å². The largest absolute Gasteiger partial charge is 0.348 e. The van der Waals surface area contributed by atoms with Crippen LogP contribution in [0.15, 0.2) is 59.5 Å². The average molecular weight is 375 g/mol. The molecule has 2 aromatic rings. The predicted molar refractivity (Wildman–Crippen MR) is 103 cm³/mol. The van der Waals surface area contributed by atoms with Crippen LogP contribution in [0, 0.1) is 0 Å². The van der Waals surface area contributed by atoms with Gasteiger partial charge in [0.25, 0.3) is 0 Å². The third-order valence-electron chi connectivity index (χ3n) is 4.24. The molecular formula is C20H26N2O3S. The van der Waals surface area contributed by atoms with Gasteiger partial charge in [-0.1, -0.05) is 56.3 Å². The minimum Gasteiger partial charge on any atom is -0.348 e. The molecule has 2 atom stereocenters. The first-order valence-corrected chi connectivity index (χ1v) is 10.2. The topological polar surface area (TPSA) is 75.3 Å². The molecule has 0 aliphatic rings. The zero-order valence-corrected chi connectivity index (χ0v) is 16.4. The molecular weight excluding hydrogens is 348 g/mol. The van der Waals surface area contributed by atoms with Crippen LogP contribution in [0.2, 0.25) is 0 Å². The smallest absolute Gasteiger partial charge is 0.241 e. The Balaban J connectivity index is 2.00. The number of carbonyl (C=O) groups is 1. The molecule has 0 aliphatic carbocycles. The fraction of sp³-hybridized carbons (Fsp3) is 0.350. The summed E-state index contributed by atoms with van der Waals surface area (Å²) in [6.07, 6.45) is 0. The molecule has 140 valence electrons. The lowest BCUT2D eigenvalue weighted by Crippen LogP contribution is -2.45. The van der Waals surface area contributed by atoms with Gasteiger partial charge < -0.3 is 5.32 Å². The number of hydrogen-bond acceptors (Lipinski definition) is 3. The number of hydrogen-bond donors (Lipinski definition) is 2. The van der Waals surface area contributed by atoms with Crippen molar-refractivity contribution in [3.05, 3.63) is 65.7 Å². The summed E-state index contributed by atoms with van der Waals surface area (Å²) in [4.78, 5) is 12.5. The lowest BCUT2D eigenvalue weighted by molar-refractivity contribution is -0.123. The molecule has 0 aromatic heterocycles. The lowest BCUT2D eigenvalue weighted by atomic mass is 9.99. The summed E-state index contributed by atoms with van der Waals surface area (Å²) in [5.74, 6) is 0.0753. The third-order valence-corrected chi connectivity index (χ3v) is 5.80. The van der Waals surface area contributed by atoms with Crippen molar-refractivity contribution in [2.24, 2.45) is 0 Å². The van der Waals surface area contributed by atoms with E-state index in [4.69, 9.17) is 0 Å². The zero-order chi connectivity index (χ0) is 19.3. The second-order valence-corrected chi connectivity index (χ2v) is 8.42. The molecule has 0 fully saturated rings. The van der Waals surface area contributed by atoms with E-state index in [-0.39, 0.29) is 16.8 Å². The van der Waals surface area contributed by atoms with E-state index in [9.17, 15) is 13.2 Å². The van der Waals surface area contributed by atoms with Gasteiger partial charge in [0.2, 0.25) is 15.9 Å². The van der Waals surface area contributed by atoms with Gasteiger partial charge in [0.15, 0.2) is 0 Å². The number of rotatable bonds is 7. The van der Waals surface area contributed by atoms with Crippen molar-refractivity contribution in [3.63, 3.8) is 0 Å². The fourth-order valence-corrected chi connectivity index (χ4v) is 3.77. The summed E-state index contributed by atoms with van der Waals surface area (Å²) >= 11 is 0. The SMILES string of the molecule is CC(C)c1ccc([C@H](C)NC(=O)[C@@H](C)NS(=O)(=O)c2ccccc2)cc1. The molecule has 0 heterocycles. The number of carbonyl (C=O) groups excluding carboxylic acids is 1. The summed E-state index contributed by atoms with van der Waals surface area (Å²) in [5.41, 5.74) is 2.21. The van der Waals surface area contributed by atoms with E-state index in [1.807, 2.05) is 31.2 Å². The van der Waals surface area contributed by atoms with Gasteiger partial charge in [-0.3, -0.25) is 4.79 Å². The van der Waals surface area contributed by atoms with E-state index >= 15 is 0 Å². The van der Waals surface area contributed by atoms with Gasteiger partial charge in [-0.25, -0.2) is 8.42 Å². The molecule has 0 aliphatic heterocycles. The van der Waals surface area contributed by atoms with Crippen LogP contribution in [0.1, 0.15) is 50.8 Å². The van der Waals surface area contributed by atoms with Gasteiger partial charge in [0.1, 0.15) is 0 Å². The third kappa shape index (κ3) is 5.16. The van der Waals surface area contributed by atoms with Gasteiger partial charge in [-0.15, -0.1) is 0 Å². The molecule has 2 rings (SSSR count). The Morgan fingerprint density at radius 2 is 1.38 bits per heavy atom. The minimum atomic E-state index is -3.73. The van der Waals surface area contributed by atoms with E-state index in [2.05, 4.69) is 23.9 Å². The highest BCUT2D eigenvalue weighted by Crippen LogP contribution is 2.18. The Hall–Kier alpha value is -2.18. The average Bonchev–Trinajstić information content (AvgIpc) is 2.62. The van der Waals surface area contributed by atoms with E-state index in [1.165, 1.54) is 24.6 Å². The second-order valence-electron chi connectivity index (χ2n) is 6.71. The normalized spacial score (nSPS) is 14.0. The number of amides is 1. The molecule has 1 amide bonds. The van der Waals surface area contributed by atoms with E-state index < -0.39 is 16.1 Å². The van der Waals surface area contributed by atoms with Crippen LogP contribution in [0.5, 0.6) is 0 Å². The summed E-state index contributed by atoms with van der Waals surface area (Å²) in [7, 11) is -3.73. The molecule has 6 heteroatoms. The predicted octanol–water partition coefficient (Wildman–Crippen LogP) is 3.35. The molecule has 0 spiro atoms. The fourth-order valence-electron chi connectivity index (χ4n) is 2.55. The van der Waals surface area contributed by atoms with Gasteiger partial charge in [0, 0.05) is 0 Å². The van der Waals surface area contributed by atoms with Crippen LogP contribution in [0.25, 0.3) is 0 Å². The van der Waals surface area contributed by atoms with Gasteiger partial charge in [-0.05, 0) is 43.0 Å². The molecule has 0 radical (unpaired) electrons. The Labute approximate surface area is 155 Å². The second kappa shape index (κ2) is 8.47. The Kier molecular flexibility index (Phi) is 6.56. The monoisotopic (exact) mass is 374 g/mol. The quantitative estimate of drug-likeness (QED) is 0.780. The summed E-state index contributed by atoms with van der Waals surface area (Å²) in [5, 5.41) is 2.85. The number of benzene rings is 2. The van der Waals surface area contributed by atoms with Crippen molar-refractivity contribution in [2.45, 2.75) is 50.6 Å². The number of sulfonamides is 1. The zero-order valence-electron chi connectivity index (χ0n) is 15.6.